The molecule has 1 amide bonds. The molecule has 1 saturated heterocycles. The lowest BCUT2D eigenvalue weighted by molar-refractivity contribution is -0.124. The minimum atomic E-state index is -0.330. The highest BCUT2D eigenvalue weighted by Gasteiger charge is 2.23. The van der Waals surface area contributed by atoms with Crippen LogP contribution >= 0.6 is 0 Å². The maximum absolute atomic E-state index is 12.0. The molecule has 2 aromatic heterocycles. The Balaban J connectivity index is 1.80. The molecule has 0 aromatic carbocycles. The summed E-state index contributed by atoms with van der Waals surface area (Å²) in [7, 11) is 0. The van der Waals surface area contributed by atoms with Gasteiger partial charge in [-0.3, -0.25) is 4.79 Å². The SMILES string of the molecule is CC(C)n1ncc2cc(NC(=O)[C@H]3CCCO3)cnc21. The standard InChI is InChI=1S/C14H18N4O2/c1-9(2)18-13-10(7-16-18)6-11(8-15-13)17-14(19)12-4-3-5-20-12/h6-9,12H,3-5H2,1-2H3,(H,17,19)/t12-/m1/s1. The predicted molar refractivity (Wildman–Crippen MR) is 75.5 cm³/mol. The van der Waals surface area contributed by atoms with Crippen molar-refractivity contribution in [3.05, 3.63) is 18.5 Å². The third-order valence-electron chi connectivity index (χ3n) is 3.41. The van der Waals surface area contributed by atoms with E-state index in [-0.39, 0.29) is 18.1 Å². The molecular weight excluding hydrogens is 256 g/mol. The first-order valence-corrected chi connectivity index (χ1v) is 6.91. The van der Waals surface area contributed by atoms with Crippen molar-refractivity contribution in [2.24, 2.45) is 0 Å². The van der Waals surface area contributed by atoms with Gasteiger partial charge < -0.3 is 10.1 Å². The number of pyridine rings is 1. The highest BCUT2D eigenvalue weighted by Crippen LogP contribution is 2.20. The molecule has 3 rings (SSSR count). The summed E-state index contributed by atoms with van der Waals surface area (Å²) >= 11 is 0. The molecule has 1 N–H and O–H groups in total. The molecular formula is C14H18N4O2. The van der Waals surface area contributed by atoms with Crippen LogP contribution in [0.3, 0.4) is 0 Å². The Morgan fingerprint density at radius 3 is 3.05 bits per heavy atom. The summed E-state index contributed by atoms with van der Waals surface area (Å²) in [6.45, 7) is 4.78. The van der Waals surface area contributed by atoms with Gasteiger partial charge in [-0.2, -0.15) is 5.10 Å². The van der Waals surface area contributed by atoms with Gasteiger partial charge in [-0.1, -0.05) is 0 Å². The Morgan fingerprint density at radius 2 is 2.35 bits per heavy atom. The van der Waals surface area contributed by atoms with Crippen molar-refractivity contribution in [3.8, 4) is 0 Å². The average molecular weight is 274 g/mol. The molecule has 1 fully saturated rings. The van der Waals surface area contributed by atoms with Crippen LogP contribution in [-0.2, 0) is 9.53 Å². The summed E-state index contributed by atoms with van der Waals surface area (Å²) in [4.78, 5) is 16.4. The average Bonchev–Trinajstić information content (AvgIpc) is 3.07. The van der Waals surface area contributed by atoms with Crippen LogP contribution in [0.4, 0.5) is 5.69 Å². The van der Waals surface area contributed by atoms with Crippen molar-refractivity contribution in [2.75, 3.05) is 11.9 Å². The van der Waals surface area contributed by atoms with E-state index in [0.29, 0.717) is 12.3 Å². The number of nitrogens with zero attached hydrogens (tertiary/aromatic N) is 3. The lowest BCUT2D eigenvalue weighted by Crippen LogP contribution is -2.26. The Morgan fingerprint density at radius 1 is 1.50 bits per heavy atom. The summed E-state index contributed by atoms with van der Waals surface area (Å²) in [6.07, 6.45) is 4.83. The maximum Gasteiger partial charge on any atom is 0.253 e. The minimum absolute atomic E-state index is 0.0973. The van der Waals surface area contributed by atoms with Gasteiger partial charge in [0.25, 0.3) is 5.91 Å². The second kappa shape index (κ2) is 5.20. The largest absolute Gasteiger partial charge is 0.368 e. The number of aromatic nitrogens is 3. The fourth-order valence-electron chi connectivity index (χ4n) is 2.39. The summed E-state index contributed by atoms with van der Waals surface area (Å²) < 4.78 is 7.22. The van der Waals surface area contributed by atoms with E-state index < -0.39 is 0 Å². The number of anilines is 1. The smallest absolute Gasteiger partial charge is 0.253 e. The van der Waals surface area contributed by atoms with E-state index in [2.05, 4.69) is 29.2 Å². The van der Waals surface area contributed by atoms with E-state index in [9.17, 15) is 4.79 Å². The van der Waals surface area contributed by atoms with Crippen LogP contribution < -0.4 is 5.32 Å². The Bertz CT molecular complexity index is 629. The highest BCUT2D eigenvalue weighted by atomic mass is 16.5. The topological polar surface area (TPSA) is 69.0 Å². The molecule has 0 radical (unpaired) electrons. The van der Waals surface area contributed by atoms with Crippen molar-refractivity contribution < 1.29 is 9.53 Å². The van der Waals surface area contributed by atoms with E-state index in [1.807, 2.05) is 10.7 Å². The van der Waals surface area contributed by atoms with Gasteiger partial charge in [0.2, 0.25) is 0 Å². The van der Waals surface area contributed by atoms with Crippen molar-refractivity contribution in [2.45, 2.75) is 38.8 Å². The predicted octanol–water partition coefficient (Wildman–Crippen LogP) is 2.13. The van der Waals surface area contributed by atoms with Crippen LogP contribution in [0.15, 0.2) is 18.5 Å². The van der Waals surface area contributed by atoms with Crippen LogP contribution in [0.5, 0.6) is 0 Å². The van der Waals surface area contributed by atoms with Crippen molar-refractivity contribution in [3.63, 3.8) is 0 Å². The quantitative estimate of drug-likeness (QED) is 0.931. The number of hydrogen-bond donors (Lipinski definition) is 1. The van der Waals surface area contributed by atoms with Crippen molar-refractivity contribution in [1.82, 2.24) is 14.8 Å². The first-order valence-electron chi connectivity index (χ1n) is 6.91. The van der Waals surface area contributed by atoms with Gasteiger partial charge in [0.1, 0.15) is 6.10 Å². The Labute approximate surface area is 117 Å². The number of fused-ring (bicyclic) bond motifs is 1. The van der Waals surface area contributed by atoms with E-state index in [1.165, 1.54) is 0 Å². The number of hydrogen-bond acceptors (Lipinski definition) is 4. The first-order chi connectivity index (χ1) is 9.65. The molecule has 0 bridgehead atoms. The molecule has 0 unspecified atom stereocenters. The zero-order valence-corrected chi connectivity index (χ0v) is 11.7. The summed E-state index contributed by atoms with van der Waals surface area (Å²) in [5.41, 5.74) is 1.51. The molecule has 1 atom stereocenters. The van der Waals surface area contributed by atoms with Gasteiger partial charge >= 0.3 is 0 Å². The fourth-order valence-corrected chi connectivity index (χ4v) is 2.39. The zero-order valence-electron chi connectivity index (χ0n) is 11.7. The van der Waals surface area contributed by atoms with Crippen molar-refractivity contribution >= 4 is 22.6 Å². The van der Waals surface area contributed by atoms with Crippen LogP contribution in [0.25, 0.3) is 11.0 Å². The molecule has 0 spiro atoms. The number of carbonyl (C=O) groups is 1. The molecule has 6 heteroatoms. The van der Waals surface area contributed by atoms with Gasteiger partial charge in [0.05, 0.1) is 18.1 Å². The summed E-state index contributed by atoms with van der Waals surface area (Å²) in [5.74, 6) is -0.0973. The lowest BCUT2D eigenvalue weighted by Gasteiger charge is -2.10. The molecule has 3 heterocycles. The van der Waals surface area contributed by atoms with E-state index >= 15 is 0 Å². The second-order valence-corrected chi connectivity index (χ2v) is 5.31. The van der Waals surface area contributed by atoms with E-state index in [1.54, 1.807) is 12.4 Å². The first kappa shape index (κ1) is 13.1. The maximum atomic E-state index is 12.0. The van der Waals surface area contributed by atoms with E-state index in [4.69, 9.17) is 4.74 Å². The molecule has 1 aliphatic heterocycles. The zero-order chi connectivity index (χ0) is 14.1. The fraction of sp³-hybridized carbons (Fsp3) is 0.500. The monoisotopic (exact) mass is 274 g/mol. The molecule has 1 aliphatic rings. The molecule has 6 nitrogen and oxygen atoms in total. The minimum Gasteiger partial charge on any atom is -0.368 e. The van der Waals surface area contributed by atoms with Crippen LogP contribution in [0.2, 0.25) is 0 Å². The van der Waals surface area contributed by atoms with Crippen LogP contribution in [0, 0.1) is 0 Å². The molecule has 2 aromatic rings. The summed E-state index contributed by atoms with van der Waals surface area (Å²) in [6, 6.07) is 2.15. The number of carbonyl (C=O) groups excluding carboxylic acids is 1. The number of amides is 1. The van der Waals surface area contributed by atoms with E-state index in [0.717, 1.165) is 23.9 Å². The van der Waals surface area contributed by atoms with Gasteiger partial charge in [0.15, 0.2) is 5.65 Å². The third kappa shape index (κ3) is 2.38. The van der Waals surface area contributed by atoms with Crippen molar-refractivity contribution in [1.29, 1.82) is 0 Å². The third-order valence-corrected chi connectivity index (χ3v) is 3.41. The number of nitrogens with one attached hydrogen (secondary N) is 1. The summed E-state index contributed by atoms with van der Waals surface area (Å²) in [5, 5.41) is 8.08. The molecule has 0 aliphatic carbocycles. The van der Waals surface area contributed by atoms with Gasteiger partial charge in [-0.25, -0.2) is 9.67 Å². The number of rotatable bonds is 3. The number of ether oxygens (including phenoxy) is 1. The van der Waals surface area contributed by atoms with Gasteiger partial charge in [0, 0.05) is 18.0 Å². The normalized spacial score (nSPS) is 18.9. The van der Waals surface area contributed by atoms with Gasteiger partial charge in [-0.15, -0.1) is 0 Å². The van der Waals surface area contributed by atoms with Gasteiger partial charge in [-0.05, 0) is 32.8 Å². The lowest BCUT2D eigenvalue weighted by atomic mass is 10.2. The van der Waals surface area contributed by atoms with Crippen LogP contribution in [-0.4, -0.2) is 33.4 Å². The Kier molecular flexibility index (Phi) is 3.40. The highest BCUT2D eigenvalue weighted by molar-refractivity contribution is 5.95. The second-order valence-electron chi connectivity index (χ2n) is 5.31. The Hall–Kier alpha value is -1.95. The van der Waals surface area contributed by atoms with Crippen LogP contribution in [0.1, 0.15) is 32.7 Å². The molecule has 0 saturated carbocycles. The molecule has 20 heavy (non-hydrogen) atoms. The molecule has 106 valence electrons.